The molecule has 2 rings (SSSR count). The molecule has 0 radical (unpaired) electrons. The van der Waals surface area contributed by atoms with Crippen LogP contribution in [-0.4, -0.2) is 15.7 Å². The molecule has 0 unspecified atom stereocenters. The maximum atomic E-state index is 14.0. The van der Waals surface area contributed by atoms with Crippen LogP contribution in [0.4, 0.5) is 39.5 Å². The lowest BCUT2D eigenvalue weighted by Crippen LogP contribution is -2.37. The molecular formula is C13H3BrClF9N2O. The minimum atomic E-state index is -6.08. The summed E-state index contributed by atoms with van der Waals surface area (Å²) in [6.45, 7) is 0. The van der Waals surface area contributed by atoms with E-state index in [0.29, 0.717) is 0 Å². The standard InChI is InChI=1S/C13H3BrClF9N2O/c14-7-9(11(17,18)13(22,23)24)25-3-26(10(7)27)8-5(15)1-4(2-6(8)16)12(19,20)21/h1-3H. The summed E-state index contributed by atoms with van der Waals surface area (Å²) in [6, 6.07) is 0.221. The number of benzene rings is 1. The normalized spacial score (nSPS) is 13.1. The quantitative estimate of drug-likeness (QED) is 0.525. The van der Waals surface area contributed by atoms with Gasteiger partial charge in [-0.3, -0.25) is 9.36 Å². The van der Waals surface area contributed by atoms with Gasteiger partial charge in [0.2, 0.25) is 0 Å². The summed E-state index contributed by atoms with van der Waals surface area (Å²) in [5.74, 6) is -7.20. The number of rotatable bonds is 2. The number of halogens is 11. The molecule has 0 fully saturated rings. The van der Waals surface area contributed by atoms with Crippen LogP contribution >= 0.6 is 27.5 Å². The first-order valence-electron chi connectivity index (χ1n) is 6.37. The zero-order valence-corrected chi connectivity index (χ0v) is 14.5. The fraction of sp³-hybridized carbons (Fsp3) is 0.231. The fourth-order valence-electron chi connectivity index (χ4n) is 1.90. The topological polar surface area (TPSA) is 34.9 Å². The highest BCUT2D eigenvalue weighted by molar-refractivity contribution is 9.10. The number of hydrogen-bond acceptors (Lipinski definition) is 2. The molecule has 14 heteroatoms. The van der Waals surface area contributed by atoms with Gasteiger partial charge in [0.1, 0.15) is 28.0 Å². The fourth-order valence-corrected chi connectivity index (χ4v) is 2.74. The summed E-state index contributed by atoms with van der Waals surface area (Å²) in [5.41, 5.74) is -6.16. The van der Waals surface area contributed by atoms with Gasteiger partial charge >= 0.3 is 18.3 Å². The highest BCUT2D eigenvalue weighted by Crippen LogP contribution is 2.44. The van der Waals surface area contributed by atoms with E-state index in [-0.39, 0.29) is 23.0 Å². The van der Waals surface area contributed by atoms with Crippen LogP contribution < -0.4 is 5.56 Å². The van der Waals surface area contributed by atoms with Crippen LogP contribution in [0.3, 0.4) is 0 Å². The summed E-state index contributed by atoms with van der Waals surface area (Å²) >= 11 is 7.76. The molecule has 0 aliphatic heterocycles. The van der Waals surface area contributed by atoms with Gasteiger partial charge in [0.25, 0.3) is 5.56 Å². The predicted octanol–water partition coefficient (Wildman–Crippen LogP) is 5.46. The van der Waals surface area contributed by atoms with E-state index in [2.05, 4.69) is 20.9 Å². The van der Waals surface area contributed by atoms with Crippen LogP contribution in [0.2, 0.25) is 5.02 Å². The molecule has 0 saturated heterocycles. The third kappa shape index (κ3) is 3.79. The Morgan fingerprint density at radius 1 is 1.04 bits per heavy atom. The van der Waals surface area contributed by atoms with Crippen molar-refractivity contribution in [1.29, 1.82) is 0 Å². The number of alkyl halides is 8. The molecule has 27 heavy (non-hydrogen) atoms. The highest BCUT2D eigenvalue weighted by Gasteiger charge is 2.61. The van der Waals surface area contributed by atoms with Crippen molar-refractivity contribution in [3.8, 4) is 5.69 Å². The van der Waals surface area contributed by atoms with Gasteiger partial charge in [0.05, 0.1) is 10.6 Å². The molecule has 148 valence electrons. The number of aromatic nitrogens is 2. The highest BCUT2D eigenvalue weighted by atomic mass is 79.9. The Hall–Kier alpha value is -1.76. The van der Waals surface area contributed by atoms with Crippen LogP contribution in [0.25, 0.3) is 5.69 Å². The van der Waals surface area contributed by atoms with Gasteiger partial charge < -0.3 is 0 Å². The largest absolute Gasteiger partial charge is 0.459 e. The Morgan fingerprint density at radius 2 is 1.59 bits per heavy atom. The second-order valence-corrected chi connectivity index (χ2v) is 6.14. The maximum Gasteiger partial charge on any atom is 0.459 e. The lowest BCUT2D eigenvalue weighted by molar-refractivity contribution is -0.291. The van der Waals surface area contributed by atoms with Crippen molar-refractivity contribution in [1.82, 2.24) is 9.55 Å². The average Bonchev–Trinajstić information content (AvgIpc) is 2.48. The van der Waals surface area contributed by atoms with Crippen LogP contribution in [0, 0.1) is 5.82 Å². The van der Waals surface area contributed by atoms with Gasteiger partial charge in [-0.25, -0.2) is 9.37 Å². The van der Waals surface area contributed by atoms with Gasteiger partial charge in [0, 0.05) is 0 Å². The van der Waals surface area contributed by atoms with Crippen molar-refractivity contribution in [2.75, 3.05) is 0 Å². The smallest absolute Gasteiger partial charge is 0.268 e. The molecule has 0 spiro atoms. The third-order valence-electron chi connectivity index (χ3n) is 3.16. The van der Waals surface area contributed by atoms with E-state index in [9.17, 15) is 44.3 Å². The first kappa shape index (κ1) is 21.5. The van der Waals surface area contributed by atoms with Crippen molar-refractivity contribution in [3.63, 3.8) is 0 Å². The zero-order chi connectivity index (χ0) is 20.9. The molecule has 0 aliphatic carbocycles. The van der Waals surface area contributed by atoms with Crippen LogP contribution in [0.1, 0.15) is 11.3 Å². The van der Waals surface area contributed by atoms with Crippen molar-refractivity contribution in [2.24, 2.45) is 0 Å². The van der Waals surface area contributed by atoms with Crippen LogP contribution in [0.5, 0.6) is 0 Å². The monoisotopic (exact) mass is 488 g/mol. The average molecular weight is 490 g/mol. The molecule has 0 aliphatic rings. The predicted molar refractivity (Wildman–Crippen MR) is 77.5 cm³/mol. The van der Waals surface area contributed by atoms with Crippen molar-refractivity contribution >= 4 is 27.5 Å². The lowest BCUT2D eigenvalue weighted by Gasteiger charge is -2.20. The first-order chi connectivity index (χ1) is 12.1. The van der Waals surface area contributed by atoms with E-state index in [1.807, 2.05) is 0 Å². The summed E-state index contributed by atoms with van der Waals surface area (Å²) < 4.78 is 115. The minimum absolute atomic E-state index is 0.0280. The SMILES string of the molecule is O=c1c(Br)c(C(F)(F)C(F)(F)F)ncn1-c1c(F)cc(C(F)(F)F)cc1Cl. The molecule has 1 aromatic carbocycles. The van der Waals surface area contributed by atoms with E-state index in [1.165, 1.54) is 0 Å². The Kier molecular flexibility index (Phi) is 5.34. The Balaban J connectivity index is 2.71. The third-order valence-corrected chi connectivity index (χ3v) is 4.16. The first-order valence-corrected chi connectivity index (χ1v) is 7.55. The van der Waals surface area contributed by atoms with Gasteiger partial charge in [-0.15, -0.1) is 0 Å². The molecule has 0 saturated carbocycles. The molecule has 1 aromatic heterocycles. The van der Waals surface area contributed by atoms with E-state index >= 15 is 0 Å². The van der Waals surface area contributed by atoms with Crippen LogP contribution in [0.15, 0.2) is 27.7 Å². The van der Waals surface area contributed by atoms with E-state index in [1.54, 1.807) is 0 Å². The van der Waals surface area contributed by atoms with Gasteiger partial charge in [-0.2, -0.15) is 35.1 Å². The summed E-state index contributed by atoms with van der Waals surface area (Å²) in [4.78, 5) is 14.9. The van der Waals surface area contributed by atoms with Crippen molar-refractivity contribution in [3.05, 3.63) is 55.4 Å². The maximum absolute atomic E-state index is 14.0. The number of nitrogens with zero attached hydrogens (tertiary/aromatic N) is 2. The van der Waals surface area contributed by atoms with E-state index in [4.69, 9.17) is 11.6 Å². The second kappa shape index (κ2) is 6.69. The van der Waals surface area contributed by atoms with E-state index < -0.39 is 56.1 Å². The molecular weight excluding hydrogens is 486 g/mol. The van der Waals surface area contributed by atoms with Crippen molar-refractivity contribution < 1.29 is 39.5 Å². The molecule has 0 bridgehead atoms. The molecule has 0 N–H and O–H groups in total. The summed E-state index contributed by atoms with van der Waals surface area (Å²) in [6.07, 6.45) is -11.0. The van der Waals surface area contributed by atoms with Crippen molar-refractivity contribution in [2.45, 2.75) is 18.3 Å². The molecule has 0 atom stereocenters. The number of hydrogen-bond donors (Lipinski definition) is 0. The minimum Gasteiger partial charge on any atom is -0.268 e. The lowest BCUT2D eigenvalue weighted by atomic mass is 10.1. The molecule has 0 amide bonds. The zero-order valence-electron chi connectivity index (χ0n) is 12.2. The molecule has 3 nitrogen and oxygen atoms in total. The Bertz CT molecular complexity index is 929. The van der Waals surface area contributed by atoms with Gasteiger partial charge in [-0.05, 0) is 28.1 Å². The van der Waals surface area contributed by atoms with Crippen LogP contribution in [-0.2, 0) is 12.1 Å². The Morgan fingerprint density at radius 3 is 2.04 bits per heavy atom. The summed E-state index contributed by atoms with van der Waals surface area (Å²) in [5, 5.41) is -0.951. The Labute approximate surface area is 156 Å². The van der Waals surface area contributed by atoms with Gasteiger partial charge in [-0.1, -0.05) is 11.6 Å². The molecule has 2 aromatic rings. The summed E-state index contributed by atoms with van der Waals surface area (Å²) in [7, 11) is 0. The second-order valence-electron chi connectivity index (χ2n) is 4.94. The van der Waals surface area contributed by atoms with E-state index in [0.717, 1.165) is 0 Å². The molecule has 1 heterocycles. The van der Waals surface area contributed by atoms with Gasteiger partial charge in [0.15, 0.2) is 0 Å².